The van der Waals surface area contributed by atoms with Crippen LogP contribution < -0.4 is 4.90 Å². The molecule has 0 aliphatic rings. The zero-order valence-corrected chi connectivity index (χ0v) is 34.3. The Hall–Kier alpha value is -7.92. The molecule has 290 valence electrons. The average molecular weight is 809 g/mol. The summed E-state index contributed by atoms with van der Waals surface area (Å²) in [4.78, 5) is 2.43. The second-order valence-electron chi connectivity index (χ2n) is 16.0. The van der Waals surface area contributed by atoms with E-state index in [1.807, 2.05) is 11.3 Å². The van der Waals surface area contributed by atoms with Gasteiger partial charge in [-0.15, -0.1) is 11.3 Å². The van der Waals surface area contributed by atoms with Gasteiger partial charge in [0.1, 0.15) is 11.2 Å². The Morgan fingerprint density at radius 3 is 1.85 bits per heavy atom. The molecule has 4 heteroatoms. The molecule has 3 nitrogen and oxygen atoms in total. The number of nitrogens with zero attached hydrogens (tertiary/aromatic N) is 2. The zero-order valence-electron chi connectivity index (χ0n) is 33.5. The summed E-state index contributed by atoms with van der Waals surface area (Å²) in [5, 5.41) is 9.60. The van der Waals surface area contributed by atoms with Gasteiger partial charge >= 0.3 is 0 Å². The van der Waals surface area contributed by atoms with Crippen LogP contribution in [0.15, 0.2) is 223 Å². The third-order valence-electron chi connectivity index (χ3n) is 12.6. The number of rotatable bonds is 6. The van der Waals surface area contributed by atoms with E-state index in [2.05, 4.69) is 228 Å². The molecule has 62 heavy (non-hydrogen) atoms. The minimum Gasteiger partial charge on any atom is -0.455 e. The van der Waals surface area contributed by atoms with Crippen LogP contribution in [0.4, 0.5) is 17.1 Å². The Balaban J connectivity index is 1.04. The fourth-order valence-electron chi connectivity index (χ4n) is 9.81. The summed E-state index contributed by atoms with van der Waals surface area (Å²) < 4.78 is 12.1. The number of benzene rings is 10. The van der Waals surface area contributed by atoms with E-state index in [0.29, 0.717) is 0 Å². The van der Waals surface area contributed by atoms with E-state index >= 15 is 0 Å². The van der Waals surface area contributed by atoms with Crippen LogP contribution >= 0.6 is 11.3 Å². The summed E-state index contributed by atoms with van der Waals surface area (Å²) >= 11 is 1.85. The largest absolute Gasteiger partial charge is 0.455 e. The smallest absolute Gasteiger partial charge is 0.145 e. The van der Waals surface area contributed by atoms with Gasteiger partial charge in [0.15, 0.2) is 0 Å². The predicted octanol–water partition coefficient (Wildman–Crippen LogP) is 17.0. The minimum atomic E-state index is 0.857. The molecular formula is C58H36N2OS. The van der Waals surface area contributed by atoms with Gasteiger partial charge in [-0.2, -0.15) is 0 Å². The molecular weight excluding hydrogens is 773 g/mol. The van der Waals surface area contributed by atoms with Crippen molar-refractivity contribution in [3.8, 4) is 27.9 Å². The van der Waals surface area contributed by atoms with Crippen LogP contribution in [-0.2, 0) is 0 Å². The van der Waals surface area contributed by atoms with E-state index in [-0.39, 0.29) is 0 Å². The summed E-state index contributed by atoms with van der Waals surface area (Å²) in [5.74, 6) is 0. The van der Waals surface area contributed by atoms with Crippen molar-refractivity contribution in [2.24, 2.45) is 0 Å². The number of furan rings is 1. The van der Waals surface area contributed by atoms with Crippen molar-refractivity contribution in [3.63, 3.8) is 0 Å². The van der Waals surface area contributed by atoms with Gasteiger partial charge in [-0.3, -0.25) is 0 Å². The first-order valence-corrected chi connectivity index (χ1v) is 21.9. The highest BCUT2D eigenvalue weighted by Gasteiger charge is 2.25. The second kappa shape index (κ2) is 13.8. The molecule has 0 radical (unpaired) electrons. The second-order valence-corrected chi connectivity index (χ2v) is 17.1. The third-order valence-corrected chi connectivity index (χ3v) is 13.8. The lowest BCUT2D eigenvalue weighted by atomic mass is 9.97. The first-order valence-electron chi connectivity index (χ1n) is 21.1. The molecule has 0 fully saturated rings. The summed E-state index contributed by atoms with van der Waals surface area (Å²) in [6.45, 7) is 0. The molecule has 0 N–H and O–H groups in total. The molecule has 3 heterocycles. The van der Waals surface area contributed by atoms with Crippen LogP contribution in [0.3, 0.4) is 0 Å². The molecule has 0 unspecified atom stereocenters. The minimum absolute atomic E-state index is 0.857. The lowest BCUT2D eigenvalue weighted by Gasteiger charge is -2.28. The number of hydrogen-bond acceptors (Lipinski definition) is 3. The molecule has 3 aromatic heterocycles. The summed E-state index contributed by atoms with van der Waals surface area (Å²) in [6, 6.07) is 79.1. The van der Waals surface area contributed by atoms with Gasteiger partial charge in [0.05, 0.1) is 33.5 Å². The molecule has 0 aliphatic heterocycles. The van der Waals surface area contributed by atoms with E-state index in [1.165, 1.54) is 63.9 Å². The van der Waals surface area contributed by atoms with Crippen LogP contribution in [0.1, 0.15) is 0 Å². The molecule has 0 amide bonds. The maximum absolute atomic E-state index is 7.04. The maximum atomic E-state index is 7.04. The molecule has 0 saturated heterocycles. The fraction of sp³-hybridized carbons (Fsp3) is 0. The van der Waals surface area contributed by atoms with Crippen molar-refractivity contribution in [2.45, 2.75) is 0 Å². The summed E-state index contributed by atoms with van der Waals surface area (Å²) in [5.41, 5.74) is 12.9. The fourth-order valence-corrected chi connectivity index (χ4v) is 10.9. The van der Waals surface area contributed by atoms with Gasteiger partial charge in [-0.25, -0.2) is 0 Å². The van der Waals surface area contributed by atoms with Crippen molar-refractivity contribution in [1.29, 1.82) is 0 Å². The number of aromatic nitrogens is 1. The standard InChI is InChI=1S/C58H36N2OS/c1-2-16-41-38(14-1)15-13-25-49(41)59(40-31-28-37(29-32-40)39-30-35-56-48(36-39)45-20-7-12-27-55(45)62-56)53-34-33-46(58-57(53)47-21-6-11-26-54(47)61-58)44-19-5-10-24-52(44)60-50-22-8-3-17-42(50)43-18-4-9-23-51(43)60/h1-36H. The van der Waals surface area contributed by atoms with Gasteiger partial charge in [0.2, 0.25) is 0 Å². The Labute approximate surface area is 361 Å². The normalized spacial score (nSPS) is 11.9. The third kappa shape index (κ3) is 5.30. The molecule has 0 saturated carbocycles. The highest BCUT2D eigenvalue weighted by molar-refractivity contribution is 7.25. The average Bonchev–Trinajstić information content (AvgIpc) is 4.02. The van der Waals surface area contributed by atoms with E-state index in [4.69, 9.17) is 4.42 Å². The van der Waals surface area contributed by atoms with E-state index < -0.39 is 0 Å². The summed E-state index contributed by atoms with van der Waals surface area (Å²) in [6.07, 6.45) is 0. The van der Waals surface area contributed by atoms with Crippen LogP contribution in [0, 0.1) is 0 Å². The van der Waals surface area contributed by atoms with Crippen molar-refractivity contribution >= 4 is 103 Å². The molecule has 10 aromatic carbocycles. The van der Waals surface area contributed by atoms with E-state index in [0.717, 1.165) is 55.8 Å². The van der Waals surface area contributed by atoms with Gasteiger partial charge in [0, 0.05) is 58.5 Å². The summed E-state index contributed by atoms with van der Waals surface area (Å²) in [7, 11) is 0. The SMILES string of the molecule is c1ccc(-n2c3ccccc3c3ccccc32)c(-c2ccc(N(c3ccc(-c4ccc5sc6ccccc6c5c4)cc3)c3cccc4ccccc34)c3c2oc2ccccc23)c1. The van der Waals surface area contributed by atoms with Gasteiger partial charge < -0.3 is 13.9 Å². The quantitative estimate of drug-likeness (QED) is 0.167. The lowest BCUT2D eigenvalue weighted by Crippen LogP contribution is -2.11. The zero-order chi connectivity index (χ0) is 40.7. The molecule has 0 aliphatic carbocycles. The highest BCUT2D eigenvalue weighted by atomic mass is 32.1. The molecule has 0 bridgehead atoms. The molecule has 13 aromatic rings. The van der Waals surface area contributed by atoms with Gasteiger partial charge in [0.25, 0.3) is 0 Å². The Kier molecular flexibility index (Phi) is 7.78. The van der Waals surface area contributed by atoms with Crippen molar-refractivity contribution in [3.05, 3.63) is 218 Å². The number of thiophene rings is 1. The highest BCUT2D eigenvalue weighted by Crippen LogP contribution is 2.49. The Morgan fingerprint density at radius 2 is 1.03 bits per heavy atom. The van der Waals surface area contributed by atoms with Gasteiger partial charge in [-0.05, 0) is 89.3 Å². The van der Waals surface area contributed by atoms with Crippen LogP contribution in [0.2, 0.25) is 0 Å². The number of hydrogen-bond donors (Lipinski definition) is 0. The lowest BCUT2D eigenvalue weighted by molar-refractivity contribution is 0.670. The number of anilines is 3. The first-order chi connectivity index (χ1) is 30.8. The topological polar surface area (TPSA) is 21.3 Å². The van der Waals surface area contributed by atoms with Crippen LogP contribution in [0.25, 0.3) is 103 Å². The molecule has 0 spiro atoms. The monoisotopic (exact) mass is 808 g/mol. The first kappa shape index (κ1) is 34.9. The maximum Gasteiger partial charge on any atom is 0.145 e. The van der Waals surface area contributed by atoms with E-state index in [9.17, 15) is 0 Å². The van der Waals surface area contributed by atoms with E-state index in [1.54, 1.807) is 0 Å². The van der Waals surface area contributed by atoms with Crippen molar-refractivity contribution < 1.29 is 4.42 Å². The van der Waals surface area contributed by atoms with Crippen LogP contribution in [0.5, 0.6) is 0 Å². The number of fused-ring (bicyclic) bond motifs is 10. The Bertz CT molecular complexity index is 3830. The predicted molar refractivity (Wildman–Crippen MR) is 264 cm³/mol. The van der Waals surface area contributed by atoms with Gasteiger partial charge in [-0.1, -0.05) is 146 Å². The van der Waals surface area contributed by atoms with Crippen molar-refractivity contribution in [1.82, 2.24) is 4.57 Å². The Morgan fingerprint density at radius 1 is 0.403 bits per heavy atom. The number of para-hydroxylation sites is 4. The molecule has 0 atom stereocenters. The molecule has 13 rings (SSSR count). The van der Waals surface area contributed by atoms with Crippen LogP contribution in [-0.4, -0.2) is 4.57 Å². The van der Waals surface area contributed by atoms with Crippen molar-refractivity contribution in [2.75, 3.05) is 4.90 Å².